The number of hydrogen-bond acceptors (Lipinski definition) is 2. The van der Waals surface area contributed by atoms with E-state index in [2.05, 4.69) is 47.2 Å². The van der Waals surface area contributed by atoms with Gasteiger partial charge in [-0.2, -0.15) is 0 Å². The molecular formula is C14H14BrCl2NS. The van der Waals surface area contributed by atoms with Crippen molar-refractivity contribution < 1.29 is 0 Å². The van der Waals surface area contributed by atoms with Gasteiger partial charge in [-0.3, -0.25) is 0 Å². The van der Waals surface area contributed by atoms with E-state index in [-0.39, 0.29) is 6.04 Å². The molecule has 1 N–H and O–H groups in total. The highest BCUT2D eigenvalue weighted by molar-refractivity contribution is 9.10. The molecule has 0 spiro atoms. The molecule has 19 heavy (non-hydrogen) atoms. The summed E-state index contributed by atoms with van der Waals surface area (Å²) in [5.74, 6) is 0. The number of nitrogens with one attached hydrogen (secondary N) is 1. The Bertz CT molecular complexity index is 543. The molecule has 1 heterocycles. The summed E-state index contributed by atoms with van der Waals surface area (Å²) in [6, 6.07) is 8.31. The van der Waals surface area contributed by atoms with Crippen molar-refractivity contribution in [2.24, 2.45) is 0 Å². The largest absolute Gasteiger partial charge is 0.306 e. The van der Waals surface area contributed by atoms with Crippen LogP contribution < -0.4 is 5.32 Å². The fourth-order valence-corrected chi connectivity index (χ4v) is 4.16. The van der Waals surface area contributed by atoms with Gasteiger partial charge in [0.1, 0.15) is 4.34 Å². The normalized spacial score (nSPS) is 12.7. The van der Waals surface area contributed by atoms with Gasteiger partial charge in [-0.05, 0) is 58.7 Å². The molecular weight excluding hydrogens is 365 g/mol. The van der Waals surface area contributed by atoms with Gasteiger partial charge < -0.3 is 5.32 Å². The van der Waals surface area contributed by atoms with Crippen LogP contribution in [0.5, 0.6) is 0 Å². The van der Waals surface area contributed by atoms with Gasteiger partial charge in [0.25, 0.3) is 0 Å². The summed E-state index contributed by atoms with van der Waals surface area (Å²) in [5, 5.41) is 4.25. The van der Waals surface area contributed by atoms with Crippen LogP contribution in [0.25, 0.3) is 0 Å². The Morgan fingerprint density at radius 3 is 2.53 bits per heavy atom. The summed E-state index contributed by atoms with van der Waals surface area (Å²) in [6.45, 7) is 5.02. The van der Waals surface area contributed by atoms with Gasteiger partial charge in [0.2, 0.25) is 0 Å². The second-order valence-corrected chi connectivity index (χ2v) is 7.30. The number of benzene rings is 1. The molecule has 0 aliphatic heterocycles. The van der Waals surface area contributed by atoms with E-state index in [1.54, 1.807) is 11.3 Å². The molecule has 102 valence electrons. The summed E-state index contributed by atoms with van der Waals surface area (Å²) < 4.78 is 1.72. The SMILES string of the molecule is CCNC(c1cc(C)cc(Cl)c1)c1cc(Br)c(Cl)s1. The van der Waals surface area contributed by atoms with Crippen molar-refractivity contribution in [3.05, 3.63) is 54.1 Å². The van der Waals surface area contributed by atoms with Crippen LogP contribution in [0.4, 0.5) is 0 Å². The zero-order valence-corrected chi connectivity index (χ0v) is 14.6. The van der Waals surface area contributed by atoms with Crippen molar-refractivity contribution in [1.82, 2.24) is 5.32 Å². The van der Waals surface area contributed by atoms with E-state index in [0.717, 1.165) is 31.5 Å². The van der Waals surface area contributed by atoms with E-state index in [4.69, 9.17) is 23.2 Å². The lowest BCUT2D eigenvalue weighted by Gasteiger charge is -2.18. The average molecular weight is 379 g/mol. The number of halogens is 3. The van der Waals surface area contributed by atoms with E-state index in [9.17, 15) is 0 Å². The fraction of sp³-hybridized carbons (Fsp3) is 0.286. The van der Waals surface area contributed by atoms with E-state index in [1.165, 1.54) is 4.88 Å². The Morgan fingerprint density at radius 1 is 1.26 bits per heavy atom. The Balaban J connectivity index is 2.44. The molecule has 0 saturated carbocycles. The van der Waals surface area contributed by atoms with Gasteiger partial charge in [0.05, 0.1) is 6.04 Å². The first kappa shape index (κ1) is 15.3. The molecule has 0 radical (unpaired) electrons. The van der Waals surface area contributed by atoms with Crippen LogP contribution in [0.15, 0.2) is 28.7 Å². The Morgan fingerprint density at radius 2 is 2.00 bits per heavy atom. The highest BCUT2D eigenvalue weighted by Gasteiger charge is 2.17. The van der Waals surface area contributed by atoms with Gasteiger partial charge in [-0.15, -0.1) is 11.3 Å². The number of aryl methyl sites for hydroxylation is 1. The minimum absolute atomic E-state index is 0.121. The molecule has 1 nitrogen and oxygen atoms in total. The molecule has 1 aromatic heterocycles. The standard InChI is InChI=1S/C14H14BrCl2NS/c1-3-18-13(12-7-11(15)14(17)19-12)9-4-8(2)5-10(16)6-9/h4-7,13,18H,3H2,1-2H3. The minimum atomic E-state index is 0.121. The molecule has 0 aliphatic carbocycles. The minimum Gasteiger partial charge on any atom is -0.306 e. The maximum atomic E-state index is 6.16. The van der Waals surface area contributed by atoms with Crippen molar-refractivity contribution in [1.29, 1.82) is 0 Å². The van der Waals surface area contributed by atoms with Gasteiger partial charge in [-0.1, -0.05) is 36.2 Å². The highest BCUT2D eigenvalue weighted by atomic mass is 79.9. The van der Waals surface area contributed by atoms with Crippen LogP contribution in [0.3, 0.4) is 0 Å². The zero-order chi connectivity index (χ0) is 14.0. The summed E-state index contributed by atoms with van der Waals surface area (Å²) in [7, 11) is 0. The van der Waals surface area contributed by atoms with Crippen LogP contribution in [-0.2, 0) is 0 Å². The summed E-state index contributed by atoms with van der Waals surface area (Å²) in [6.07, 6.45) is 0. The lowest BCUT2D eigenvalue weighted by molar-refractivity contribution is 0.639. The first-order chi connectivity index (χ1) is 9.01. The van der Waals surface area contributed by atoms with E-state index in [0.29, 0.717) is 0 Å². The number of rotatable bonds is 4. The van der Waals surface area contributed by atoms with Crippen molar-refractivity contribution >= 4 is 50.5 Å². The molecule has 0 amide bonds. The van der Waals surface area contributed by atoms with E-state index in [1.807, 2.05) is 12.1 Å². The summed E-state index contributed by atoms with van der Waals surface area (Å²) in [4.78, 5) is 1.18. The van der Waals surface area contributed by atoms with Gasteiger partial charge in [-0.25, -0.2) is 0 Å². The molecule has 1 unspecified atom stereocenters. The molecule has 5 heteroatoms. The maximum Gasteiger partial charge on any atom is 0.107 e. The van der Waals surface area contributed by atoms with Crippen LogP contribution in [0.1, 0.15) is 29.0 Å². The van der Waals surface area contributed by atoms with Crippen LogP contribution >= 0.6 is 50.5 Å². The lowest BCUT2D eigenvalue weighted by Crippen LogP contribution is -2.21. The monoisotopic (exact) mass is 377 g/mol. The molecule has 2 rings (SSSR count). The Labute approximate surface area is 136 Å². The molecule has 1 aromatic carbocycles. The van der Waals surface area contributed by atoms with E-state index < -0.39 is 0 Å². The smallest absolute Gasteiger partial charge is 0.107 e. The van der Waals surface area contributed by atoms with Crippen LogP contribution in [0.2, 0.25) is 9.36 Å². The maximum absolute atomic E-state index is 6.16. The number of hydrogen-bond donors (Lipinski definition) is 1. The summed E-state index contributed by atoms with van der Waals surface area (Å²) >= 11 is 17.3. The zero-order valence-electron chi connectivity index (χ0n) is 10.6. The van der Waals surface area contributed by atoms with Crippen molar-refractivity contribution in [2.45, 2.75) is 19.9 Å². The van der Waals surface area contributed by atoms with E-state index >= 15 is 0 Å². The third-order valence-corrected chi connectivity index (χ3v) is 5.51. The molecule has 0 bridgehead atoms. The number of thiophene rings is 1. The third kappa shape index (κ3) is 3.73. The lowest BCUT2D eigenvalue weighted by atomic mass is 10.0. The van der Waals surface area contributed by atoms with Crippen LogP contribution in [0, 0.1) is 6.92 Å². The Kier molecular flexibility index (Phi) is 5.32. The topological polar surface area (TPSA) is 12.0 Å². The van der Waals surface area contributed by atoms with Crippen LogP contribution in [-0.4, -0.2) is 6.54 Å². The van der Waals surface area contributed by atoms with Gasteiger partial charge in [0, 0.05) is 14.4 Å². The van der Waals surface area contributed by atoms with Crippen molar-refractivity contribution in [2.75, 3.05) is 6.54 Å². The molecule has 0 fully saturated rings. The van der Waals surface area contributed by atoms with Gasteiger partial charge in [0.15, 0.2) is 0 Å². The fourth-order valence-electron chi connectivity index (χ4n) is 2.02. The highest BCUT2D eigenvalue weighted by Crippen LogP contribution is 2.38. The average Bonchev–Trinajstić information content (AvgIpc) is 2.65. The predicted octanol–water partition coefficient (Wildman–Crippen LogP) is 5.82. The molecule has 0 aliphatic rings. The molecule has 1 atom stereocenters. The first-order valence-electron chi connectivity index (χ1n) is 5.96. The second-order valence-electron chi connectivity index (χ2n) is 4.32. The molecule has 2 aromatic rings. The molecule has 0 saturated heterocycles. The quantitative estimate of drug-likeness (QED) is 0.706. The van der Waals surface area contributed by atoms with Gasteiger partial charge >= 0.3 is 0 Å². The van der Waals surface area contributed by atoms with Crippen molar-refractivity contribution in [3.8, 4) is 0 Å². The first-order valence-corrected chi connectivity index (χ1v) is 8.33. The van der Waals surface area contributed by atoms with Crippen molar-refractivity contribution in [3.63, 3.8) is 0 Å². The Hall–Kier alpha value is -0.0600. The predicted molar refractivity (Wildman–Crippen MR) is 88.7 cm³/mol. The second kappa shape index (κ2) is 6.59. The third-order valence-electron chi connectivity index (χ3n) is 2.75. The summed E-state index contributed by atoms with van der Waals surface area (Å²) in [5.41, 5.74) is 2.32.